The zero-order valence-corrected chi connectivity index (χ0v) is 16.5. The van der Waals surface area contributed by atoms with Crippen molar-refractivity contribution in [1.29, 1.82) is 0 Å². The Labute approximate surface area is 160 Å². The fourth-order valence-electron chi connectivity index (χ4n) is 2.76. The van der Waals surface area contributed by atoms with Gasteiger partial charge in [-0.15, -0.1) is 0 Å². The molecule has 0 spiro atoms. The average molecular weight is 388 g/mol. The van der Waals surface area contributed by atoms with E-state index in [1.807, 2.05) is 31.2 Å². The number of carbonyl (C=O) groups excluding carboxylic acids is 1. The minimum Gasteiger partial charge on any atom is -0.463 e. The molecule has 144 valence electrons. The number of hydrogen-bond acceptors (Lipinski definition) is 5. The molecule has 0 aliphatic rings. The van der Waals surface area contributed by atoms with Crippen molar-refractivity contribution in [2.75, 3.05) is 19.5 Å². The first-order valence-corrected chi connectivity index (χ1v) is 10.6. The molecule has 0 fully saturated rings. The number of sulfone groups is 1. The van der Waals surface area contributed by atoms with Gasteiger partial charge in [0, 0.05) is 24.9 Å². The SMILES string of the molecule is CCOC(=O)C(CCO)=C(c1ccc(C)cc1)c1ccc(S(C)(=O)=O)cc1. The number of aryl methyl sites for hydroxylation is 1. The average Bonchev–Trinajstić information content (AvgIpc) is 2.62. The van der Waals surface area contributed by atoms with E-state index in [0.717, 1.165) is 17.4 Å². The van der Waals surface area contributed by atoms with E-state index in [1.165, 1.54) is 12.1 Å². The molecule has 0 aliphatic carbocycles. The number of esters is 1. The smallest absolute Gasteiger partial charge is 0.334 e. The maximum absolute atomic E-state index is 12.5. The normalized spacial score (nSPS) is 12.4. The van der Waals surface area contributed by atoms with Crippen LogP contribution in [-0.4, -0.2) is 39.0 Å². The Morgan fingerprint density at radius 1 is 1.00 bits per heavy atom. The Morgan fingerprint density at radius 2 is 1.52 bits per heavy atom. The molecule has 0 saturated heterocycles. The van der Waals surface area contributed by atoms with Crippen molar-refractivity contribution in [2.45, 2.75) is 25.2 Å². The predicted molar refractivity (Wildman–Crippen MR) is 105 cm³/mol. The van der Waals surface area contributed by atoms with Crippen molar-refractivity contribution >= 4 is 21.4 Å². The van der Waals surface area contributed by atoms with Gasteiger partial charge in [0.15, 0.2) is 9.84 Å². The topological polar surface area (TPSA) is 80.7 Å². The van der Waals surface area contributed by atoms with Gasteiger partial charge in [-0.2, -0.15) is 0 Å². The number of hydrogen-bond donors (Lipinski definition) is 1. The van der Waals surface area contributed by atoms with E-state index in [2.05, 4.69) is 0 Å². The molecule has 0 aliphatic heterocycles. The molecule has 5 nitrogen and oxygen atoms in total. The third-order valence-electron chi connectivity index (χ3n) is 4.10. The molecule has 2 aromatic rings. The van der Waals surface area contributed by atoms with E-state index in [4.69, 9.17) is 4.74 Å². The monoisotopic (exact) mass is 388 g/mol. The molecule has 0 bridgehead atoms. The Balaban J connectivity index is 2.70. The lowest BCUT2D eigenvalue weighted by molar-refractivity contribution is -0.138. The highest BCUT2D eigenvalue weighted by Crippen LogP contribution is 2.30. The standard InChI is InChI=1S/C21H24O5S/c1-4-26-21(23)19(13-14-22)20(16-7-5-15(2)6-8-16)17-9-11-18(12-10-17)27(3,24)25/h5-12,22H,4,13-14H2,1-3H3. The van der Waals surface area contributed by atoms with Crippen molar-refractivity contribution < 1.29 is 23.1 Å². The highest BCUT2D eigenvalue weighted by molar-refractivity contribution is 7.90. The van der Waals surface area contributed by atoms with Gasteiger partial charge < -0.3 is 9.84 Å². The zero-order chi connectivity index (χ0) is 20.0. The van der Waals surface area contributed by atoms with Gasteiger partial charge in [0.1, 0.15) is 0 Å². The molecule has 0 atom stereocenters. The second-order valence-electron chi connectivity index (χ2n) is 6.21. The number of rotatable bonds is 7. The van der Waals surface area contributed by atoms with Gasteiger partial charge >= 0.3 is 5.97 Å². The van der Waals surface area contributed by atoms with Crippen molar-refractivity contribution in [3.8, 4) is 0 Å². The quantitative estimate of drug-likeness (QED) is 0.582. The summed E-state index contributed by atoms with van der Waals surface area (Å²) in [4.78, 5) is 12.7. The number of ether oxygens (including phenoxy) is 1. The molecule has 0 aromatic heterocycles. The summed E-state index contributed by atoms with van der Waals surface area (Å²) in [5, 5.41) is 9.47. The molecule has 2 aromatic carbocycles. The van der Waals surface area contributed by atoms with Gasteiger partial charge in [0.05, 0.1) is 11.5 Å². The Bertz CT molecular complexity index is 924. The summed E-state index contributed by atoms with van der Waals surface area (Å²) in [6.45, 7) is 3.71. The van der Waals surface area contributed by atoms with Crippen LogP contribution >= 0.6 is 0 Å². The fourth-order valence-corrected chi connectivity index (χ4v) is 3.39. The van der Waals surface area contributed by atoms with Crippen LogP contribution in [0, 0.1) is 6.92 Å². The highest BCUT2D eigenvalue weighted by Gasteiger charge is 2.20. The summed E-state index contributed by atoms with van der Waals surface area (Å²) < 4.78 is 28.6. The molecular weight excluding hydrogens is 364 g/mol. The summed E-state index contributed by atoms with van der Waals surface area (Å²) in [7, 11) is -3.32. The van der Waals surface area contributed by atoms with Crippen LogP contribution in [0.15, 0.2) is 59.0 Å². The summed E-state index contributed by atoms with van der Waals surface area (Å²) in [5.74, 6) is -0.491. The van der Waals surface area contributed by atoms with Crippen LogP contribution in [0.25, 0.3) is 5.57 Å². The first-order valence-electron chi connectivity index (χ1n) is 8.66. The Hall–Kier alpha value is -2.44. The van der Waals surface area contributed by atoms with E-state index in [-0.39, 0.29) is 24.5 Å². The van der Waals surface area contributed by atoms with Crippen LogP contribution in [0.3, 0.4) is 0 Å². The summed E-state index contributed by atoms with van der Waals surface area (Å²) in [5.41, 5.74) is 3.54. The second-order valence-corrected chi connectivity index (χ2v) is 8.23. The molecule has 27 heavy (non-hydrogen) atoms. The van der Waals surface area contributed by atoms with E-state index in [0.29, 0.717) is 16.7 Å². The lowest BCUT2D eigenvalue weighted by atomic mass is 9.91. The van der Waals surface area contributed by atoms with Crippen molar-refractivity contribution in [3.05, 3.63) is 70.8 Å². The molecule has 1 N–H and O–H groups in total. The van der Waals surface area contributed by atoms with Crippen molar-refractivity contribution in [3.63, 3.8) is 0 Å². The number of aliphatic hydroxyl groups excluding tert-OH is 1. The Morgan fingerprint density at radius 3 is 1.96 bits per heavy atom. The van der Waals surface area contributed by atoms with Crippen molar-refractivity contribution in [2.24, 2.45) is 0 Å². The van der Waals surface area contributed by atoms with E-state index in [9.17, 15) is 18.3 Å². The van der Waals surface area contributed by atoms with Crippen molar-refractivity contribution in [1.82, 2.24) is 0 Å². The van der Waals surface area contributed by atoms with Crippen LogP contribution in [-0.2, 0) is 19.4 Å². The molecule has 0 radical (unpaired) electrons. The molecule has 0 heterocycles. The lowest BCUT2D eigenvalue weighted by Crippen LogP contribution is -2.12. The van der Waals surface area contributed by atoms with E-state index in [1.54, 1.807) is 19.1 Å². The van der Waals surface area contributed by atoms with Crippen LogP contribution < -0.4 is 0 Å². The number of carbonyl (C=O) groups is 1. The largest absolute Gasteiger partial charge is 0.463 e. The predicted octanol–water partition coefficient (Wildman–Crippen LogP) is 3.15. The van der Waals surface area contributed by atoms with Gasteiger partial charge in [0.25, 0.3) is 0 Å². The van der Waals surface area contributed by atoms with Gasteiger partial charge in [-0.3, -0.25) is 0 Å². The minimum atomic E-state index is -3.32. The molecule has 6 heteroatoms. The Kier molecular flexibility index (Phi) is 6.93. The zero-order valence-electron chi connectivity index (χ0n) is 15.7. The van der Waals surface area contributed by atoms with Crippen LogP contribution in [0.4, 0.5) is 0 Å². The minimum absolute atomic E-state index is 0.135. The number of benzene rings is 2. The maximum Gasteiger partial charge on any atom is 0.334 e. The van der Waals surface area contributed by atoms with Crippen LogP contribution in [0.2, 0.25) is 0 Å². The van der Waals surface area contributed by atoms with Gasteiger partial charge in [-0.05, 0) is 42.7 Å². The van der Waals surface area contributed by atoms with Gasteiger partial charge in [0.2, 0.25) is 0 Å². The lowest BCUT2D eigenvalue weighted by Gasteiger charge is -2.16. The first kappa shape index (κ1) is 20.9. The molecular formula is C21H24O5S. The third kappa shape index (κ3) is 5.28. The summed E-state index contributed by atoms with van der Waals surface area (Å²) in [6, 6.07) is 14.0. The summed E-state index contributed by atoms with van der Waals surface area (Å²) >= 11 is 0. The summed E-state index contributed by atoms with van der Waals surface area (Å²) in [6.07, 6.45) is 1.28. The van der Waals surface area contributed by atoms with E-state index < -0.39 is 15.8 Å². The molecule has 2 rings (SSSR count). The molecule has 0 unspecified atom stereocenters. The van der Waals surface area contributed by atoms with Gasteiger partial charge in [-0.25, -0.2) is 13.2 Å². The van der Waals surface area contributed by atoms with Crippen LogP contribution in [0.5, 0.6) is 0 Å². The van der Waals surface area contributed by atoms with Gasteiger partial charge in [-0.1, -0.05) is 42.0 Å². The van der Waals surface area contributed by atoms with Crippen LogP contribution in [0.1, 0.15) is 30.0 Å². The highest BCUT2D eigenvalue weighted by atomic mass is 32.2. The maximum atomic E-state index is 12.5. The molecule has 0 saturated carbocycles. The first-order chi connectivity index (χ1) is 12.8. The van der Waals surface area contributed by atoms with E-state index >= 15 is 0 Å². The molecule has 0 amide bonds. The second kappa shape index (κ2) is 8.97. The third-order valence-corrected chi connectivity index (χ3v) is 5.23. The fraction of sp³-hybridized carbons (Fsp3) is 0.286. The number of aliphatic hydroxyl groups is 1.